The maximum absolute atomic E-state index is 12.3. The van der Waals surface area contributed by atoms with E-state index in [-0.39, 0.29) is 12.1 Å². The molecule has 1 fully saturated rings. The number of carboxylic acid groups (broad SMARTS) is 1. The van der Waals surface area contributed by atoms with Crippen LogP contribution < -0.4 is 10.6 Å². The second-order valence-electron chi connectivity index (χ2n) is 5.94. The molecule has 2 atom stereocenters. The molecule has 3 N–H and O–H groups in total. The van der Waals surface area contributed by atoms with Crippen molar-refractivity contribution in [2.75, 3.05) is 18.4 Å². The van der Waals surface area contributed by atoms with E-state index in [9.17, 15) is 14.4 Å². The summed E-state index contributed by atoms with van der Waals surface area (Å²) >= 11 is 0. The topological polar surface area (TPSA) is 98.7 Å². The van der Waals surface area contributed by atoms with Crippen LogP contribution in [-0.2, 0) is 9.59 Å². The number of nitrogens with one attached hydrogen (secondary N) is 2. The van der Waals surface area contributed by atoms with Gasteiger partial charge in [-0.1, -0.05) is 18.2 Å². The maximum atomic E-state index is 12.3. The summed E-state index contributed by atoms with van der Waals surface area (Å²) in [5.74, 6) is -2.58. The molecule has 1 aliphatic rings. The molecule has 0 bridgehead atoms. The quantitative estimate of drug-likeness (QED) is 0.717. The van der Waals surface area contributed by atoms with Crippen LogP contribution in [0, 0.1) is 5.92 Å². The van der Waals surface area contributed by atoms with E-state index in [2.05, 4.69) is 10.6 Å². The zero-order chi connectivity index (χ0) is 17.5. The highest BCUT2D eigenvalue weighted by Crippen LogP contribution is 2.19. The van der Waals surface area contributed by atoms with Crippen molar-refractivity contribution in [3.05, 3.63) is 30.3 Å². The van der Waals surface area contributed by atoms with Crippen LogP contribution in [0.25, 0.3) is 0 Å². The van der Waals surface area contributed by atoms with Gasteiger partial charge >= 0.3 is 12.0 Å². The van der Waals surface area contributed by atoms with Gasteiger partial charge in [0.1, 0.15) is 5.92 Å². The zero-order valence-electron chi connectivity index (χ0n) is 13.7. The summed E-state index contributed by atoms with van der Waals surface area (Å²) in [5.41, 5.74) is 0.686. The molecule has 0 spiro atoms. The normalized spacial score (nSPS) is 18.5. The second kappa shape index (κ2) is 8.33. The van der Waals surface area contributed by atoms with E-state index >= 15 is 0 Å². The predicted octanol–water partition coefficient (Wildman–Crippen LogP) is 1.91. The lowest BCUT2D eigenvalue weighted by atomic mass is 9.99. The van der Waals surface area contributed by atoms with Crippen molar-refractivity contribution in [3.8, 4) is 0 Å². The van der Waals surface area contributed by atoms with Crippen molar-refractivity contribution in [1.82, 2.24) is 10.2 Å². The van der Waals surface area contributed by atoms with Crippen molar-refractivity contribution < 1.29 is 19.5 Å². The number of amides is 3. The molecule has 3 amide bonds. The lowest BCUT2D eigenvalue weighted by Crippen LogP contribution is -2.52. The molecule has 7 nitrogen and oxygen atoms in total. The van der Waals surface area contributed by atoms with Crippen LogP contribution in [0.3, 0.4) is 0 Å². The highest BCUT2D eigenvalue weighted by Gasteiger charge is 2.32. The van der Waals surface area contributed by atoms with Crippen LogP contribution in [0.4, 0.5) is 10.5 Å². The van der Waals surface area contributed by atoms with Crippen LogP contribution >= 0.6 is 0 Å². The van der Waals surface area contributed by atoms with Crippen LogP contribution in [0.15, 0.2) is 30.3 Å². The van der Waals surface area contributed by atoms with Crippen LogP contribution in [0.1, 0.15) is 26.2 Å². The smallest absolute Gasteiger partial charge is 0.319 e. The molecular weight excluding hydrogens is 310 g/mol. The van der Waals surface area contributed by atoms with Gasteiger partial charge in [-0.05, 0) is 38.3 Å². The molecule has 0 saturated carbocycles. The first kappa shape index (κ1) is 17.8. The number of carbonyl (C=O) groups is 3. The van der Waals surface area contributed by atoms with Crippen molar-refractivity contribution in [3.63, 3.8) is 0 Å². The maximum Gasteiger partial charge on any atom is 0.319 e. The first-order valence-corrected chi connectivity index (χ1v) is 8.12. The number of carboxylic acids is 1. The summed E-state index contributed by atoms with van der Waals surface area (Å²) < 4.78 is 0. The number of aliphatic carboxylic acids is 1. The Morgan fingerprint density at radius 1 is 1.25 bits per heavy atom. The Hall–Kier alpha value is -2.57. The minimum atomic E-state index is -1.13. The first-order chi connectivity index (χ1) is 11.5. The number of likely N-dealkylation sites (tertiary alicyclic amines) is 1. The van der Waals surface area contributed by atoms with E-state index in [1.165, 1.54) is 6.92 Å². The molecule has 1 heterocycles. The monoisotopic (exact) mass is 333 g/mol. The van der Waals surface area contributed by atoms with E-state index in [1.54, 1.807) is 17.0 Å². The number of benzene rings is 1. The lowest BCUT2D eigenvalue weighted by Gasteiger charge is -2.36. The van der Waals surface area contributed by atoms with Crippen molar-refractivity contribution in [2.45, 2.75) is 32.2 Å². The molecule has 0 aromatic heterocycles. The Kier molecular flexibility index (Phi) is 6.17. The number of nitrogens with zero attached hydrogens (tertiary/aromatic N) is 1. The number of hydrogen-bond donors (Lipinski definition) is 3. The fourth-order valence-corrected chi connectivity index (χ4v) is 2.76. The highest BCUT2D eigenvalue weighted by atomic mass is 16.4. The number of carbonyl (C=O) groups excluding carboxylic acids is 2. The molecule has 1 aromatic rings. The number of para-hydroxylation sites is 1. The fourth-order valence-electron chi connectivity index (χ4n) is 2.76. The third-order valence-electron chi connectivity index (χ3n) is 4.18. The van der Waals surface area contributed by atoms with Gasteiger partial charge in [-0.3, -0.25) is 9.59 Å². The average Bonchev–Trinajstić information content (AvgIpc) is 2.59. The molecule has 1 aliphatic heterocycles. The highest BCUT2D eigenvalue weighted by molar-refractivity contribution is 5.96. The van der Waals surface area contributed by atoms with E-state index in [0.717, 1.165) is 19.3 Å². The molecule has 130 valence electrons. The SMILES string of the molecule is CC(C(=O)O)C(=O)N1CCCCC1CNC(=O)Nc1ccccc1. The first-order valence-electron chi connectivity index (χ1n) is 8.12. The average molecular weight is 333 g/mol. The Morgan fingerprint density at radius 2 is 1.96 bits per heavy atom. The molecule has 24 heavy (non-hydrogen) atoms. The van der Waals surface area contributed by atoms with Gasteiger partial charge in [0, 0.05) is 24.8 Å². The molecule has 2 unspecified atom stereocenters. The standard InChI is InChI=1S/C17H23N3O4/c1-12(16(22)23)15(21)20-10-6-5-9-14(20)11-18-17(24)19-13-7-3-2-4-8-13/h2-4,7-8,12,14H,5-6,9-11H2,1H3,(H,22,23)(H2,18,19,24). The summed E-state index contributed by atoms with van der Waals surface area (Å²) in [6.45, 7) is 2.23. The van der Waals surface area contributed by atoms with Crippen molar-refractivity contribution >= 4 is 23.6 Å². The Bertz CT molecular complexity index is 591. The zero-order valence-corrected chi connectivity index (χ0v) is 13.7. The predicted molar refractivity (Wildman–Crippen MR) is 89.6 cm³/mol. The summed E-state index contributed by atoms with van der Waals surface area (Å²) in [4.78, 5) is 36.9. The van der Waals surface area contributed by atoms with E-state index < -0.39 is 17.8 Å². The van der Waals surface area contributed by atoms with Crippen molar-refractivity contribution in [1.29, 1.82) is 0 Å². The van der Waals surface area contributed by atoms with Gasteiger partial charge in [-0.15, -0.1) is 0 Å². The number of urea groups is 1. The Morgan fingerprint density at radius 3 is 2.62 bits per heavy atom. The summed E-state index contributed by atoms with van der Waals surface area (Å²) in [5, 5.41) is 14.5. The molecule has 7 heteroatoms. The number of piperidine rings is 1. The molecule has 0 aliphatic carbocycles. The van der Waals surface area contributed by atoms with Gasteiger partial charge in [-0.25, -0.2) is 4.79 Å². The van der Waals surface area contributed by atoms with Crippen LogP contribution in [0.2, 0.25) is 0 Å². The number of hydrogen-bond acceptors (Lipinski definition) is 3. The van der Waals surface area contributed by atoms with Gasteiger partial charge < -0.3 is 20.6 Å². The Balaban J connectivity index is 1.90. The third-order valence-corrected chi connectivity index (χ3v) is 4.18. The van der Waals surface area contributed by atoms with Crippen molar-refractivity contribution in [2.24, 2.45) is 5.92 Å². The van der Waals surface area contributed by atoms with Gasteiger partial charge in [-0.2, -0.15) is 0 Å². The molecule has 0 radical (unpaired) electrons. The summed E-state index contributed by atoms with van der Waals surface area (Å²) in [6.07, 6.45) is 2.56. The minimum absolute atomic E-state index is 0.172. The van der Waals surface area contributed by atoms with E-state index in [1.807, 2.05) is 18.2 Å². The molecular formula is C17H23N3O4. The van der Waals surface area contributed by atoms with Gasteiger partial charge in [0.2, 0.25) is 5.91 Å². The van der Waals surface area contributed by atoms with E-state index in [4.69, 9.17) is 5.11 Å². The molecule has 1 aromatic carbocycles. The Labute approximate surface area is 141 Å². The van der Waals surface area contributed by atoms with Gasteiger partial charge in [0.15, 0.2) is 0 Å². The third kappa shape index (κ3) is 4.71. The van der Waals surface area contributed by atoms with Crippen LogP contribution in [0.5, 0.6) is 0 Å². The summed E-state index contributed by atoms with van der Waals surface area (Å²) in [6, 6.07) is 8.56. The lowest BCUT2D eigenvalue weighted by molar-refractivity contribution is -0.152. The summed E-state index contributed by atoms with van der Waals surface area (Å²) in [7, 11) is 0. The number of anilines is 1. The van der Waals surface area contributed by atoms with Gasteiger partial charge in [0.25, 0.3) is 0 Å². The molecule has 1 saturated heterocycles. The largest absolute Gasteiger partial charge is 0.481 e. The minimum Gasteiger partial charge on any atom is -0.481 e. The second-order valence-corrected chi connectivity index (χ2v) is 5.94. The molecule has 2 rings (SSSR count). The van der Waals surface area contributed by atoms with E-state index in [0.29, 0.717) is 18.8 Å². The fraction of sp³-hybridized carbons (Fsp3) is 0.471. The number of rotatable bonds is 5. The van der Waals surface area contributed by atoms with Gasteiger partial charge in [0.05, 0.1) is 0 Å². The van der Waals surface area contributed by atoms with Crippen LogP contribution in [-0.4, -0.2) is 47.0 Å².